The van der Waals surface area contributed by atoms with Crippen LogP contribution in [0.25, 0.3) is 0 Å². The number of rotatable bonds is 11. The molecule has 0 fully saturated rings. The Bertz CT molecular complexity index is 795. The molecule has 0 aliphatic carbocycles. The molecule has 29 heavy (non-hydrogen) atoms. The molecule has 3 rings (SSSR count). The number of pyridine rings is 1. The smallest absolute Gasteiger partial charge is 0.316 e. The number of carbonyl (C=O) groups is 1. The third kappa shape index (κ3) is 6.14. The molecule has 0 unspecified atom stereocenters. The van der Waals surface area contributed by atoms with Crippen LogP contribution in [0.1, 0.15) is 67.7 Å². The molecule has 0 radical (unpaired) electrons. The topological polar surface area (TPSA) is 97.2 Å². The van der Waals surface area contributed by atoms with Crippen molar-refractivity contribution in [3.63, 3.8) is 0 Å². The van der Waals surface area contributed by atoms with Crippen LogP contribution in [0.4, 0.5) is 5.82 Å². The van der Waals surface area contributed by atoms with E-state index in [-0.39, 0.29) is 6.01 Å². The number of aliphatic carboxylic acids is 1. The quantitative estimate of drug-likeness (QED) is 0.552. The van der Waals surface area contributed by atoms with E-state index >= 15 is 0 Å². The number of fused-ring (bicyclic) bond motifs is 1. The van der Waals surface area contributed by atoms with Crippen molar-refractivity contribution in [2.45, 2.75) is 63.7 Å². The first kappa shape index (κ1) is 21.0. The van der Waals surface area contributed by atoms with Gasteiger partial charge in [-0.25, -0.2) is 15.0 Å². The highest BCUT2D eigenvalue weighted by molar-refractivity contribution is 5.75. The Morgan fingerprint density at radius 2 is 1.93 bits per heavy atom. The Morgan fingerprint density at radius 3 is 2.69 bits per heavy atom. The Labute approximate surface area is 172 Å². The molecule has 0 saturated carbocycles. The average molecular weight is 399 g/mol. The fourth-order valence-corrected chi connectivity index (χ4v) is 3.74. The zero-order chi connectivity index (χ0) is 20.5. The molecule has 3 heterocycles. The van der Waals surface area contributed by atoms with Crippen molar-refractivity contribution in [3.8, 4) is 6.01 Å². The van der Waals surface area contributed by atoms with Crippen LogP contribution in [0.2, 0.25) is 0 Å². The van der Waals surface area contributed by atoms with E-state index in [0.29, 0.717) is 12.0 Å². The second kappa shape index (κ2) is 10.7. The zero-order valence-corrected chi connectivity index (χ0v) is 17.1. The predicted octanol–water partition coefficient (Wildman–Crippen LogP) is 3.99. The van der Waals surface area contributed by atoms with Crippen molar-refractivity contribution in [2.24, 2.45) is 0 Å². The van der Waals surface area contributed by atoms with E-state index in [9.17, 15) is 9.90 Å². The number of hydrogen-bond donors (Lipinski definition) is 2. The van der Waals surface area contributed by atoms with Crippen LogP contribution in [0.3, 0.4) is 0 Å². The van der Waals surface area contributed by atoms with Gasteiger partial charge in [0, 0.05) is 30.2 Å². The van der Waals surface area contributed by atoms with E-state index < -0.39 is 11.9 Å². The minimum absolute atomic E-state index is 0.252. The molecule has 0 saturated heterocycles. The number of carboxylic acid groups (broad SMARTS) is 1. The average Bonchev–Trinajstić information content (AvgIpc) is 2.75. The molecule has 2 aromatic rings. The molecule has 156 valence electrons. The van der Waals surface area contributed by atoms with Gasteiger partial charge in [0.15, 0.2) is 0 Å². The van der Waals surface area contributed by atoms with Crippen LogP contribution < -0.4 is 10.1 Å². The van der Waals surface area contributed by atoms with E-state index in [1.807, 2.05) is 0 Å². The molecule has 0 aromatic carbocycles. The van der Waals surface area contributed by atoms with Crippen LogP contribution in [0, 0.1) is 0 Å². The van der Waals surface area contributed by atoms with Gasteiger partial charge >= 0.3 is 12.0 Å². The van der Waals surface area contributed by atoms with Crippen molar-refractivity contribution in [1.29, 1.82) is 0 Å². The van der Waals surface area contributed by atoms with Crippen LogP contribution in [-0.4, -0.2) is 39.7 Å². The van der Waals surface area contributed by atoms with Crippen molar-refractivity contribution in [2.75, 3.05) is 19.0 Å². The maximum atomic E-state index is 11.6. The van der Waals surface area contributed by atoms with E-state index in [1.165, 1.54) is 19.1 Å². The maximum absolute atomic E-state index is 11.6. The van der Waals surface area contributed by atoms with E-state index in [0.717, 1.165) is 63.0 Å². The summed E-state index contributed by atoms with van der Waals surface area (Å²) in [5.41, 5.74) is 3.12. The first-order valence-electron chi connectivity index (χ1n) is 10.5. The Kier molecular flexibility index (Phi) is 7.78. The third-order valence-electron chi connectivity index (χ3n) is 5.41. The number of aromatic nitrogens is 3. The normalized spacial score (nSPS) is 14.0. The first-order valence-corrected chi connectivity index (χ1v) is 10.5. The highest BCUT2D eigenvalue weighted by Crippen LogP contribution is 2.24. The number of hydrogen-bond acceptors (Lipinski definition) is 6. The molecule has 1 aliphatic rings. The summed E-state index contributed by atoms with van der Waals surface area (Å²) < 4.78 is 4.93. The van der Waals surface area contributed by atoms with Crippen molar-refractivity contribution < 1.29 is 14.6 Å². The molecule has 0 bridgehead atoms. The van der Waals surface area contributed by atoms with Gasteiger partial charge in [0.2, 0.25) is 0 Å². The maximum Gasteiger partial charge on any atom is 0.316 e. The Morgan fingerprint density at radius 1 is 1.17 bits per heavy atom. The standard InChI is InChI=1S/C22H30N4O3/c1-29-22-24-14-17(15-25-22)19(21(27)28)10-6-4-2-3-5-9-18-12-11-16-8-7-13-23-20(16)26-18/h11-12,14-15,19H,2-10,13H2,1H3,(H,23,26)(H,27,28)/t19-/m1/s1. The van der Waals surface area contributed by atoms with Gasteiger partial charge < -0.3 is 15.2 Å². The SMILES string of the molecule is COc1ncc([C@@H](CCCCCCCc2ccc3c(n2)NCCC3)C(=O)O)cn1. The molecule has 1 aliphatic heterocycles. The number of aryl methyl sites for hydroxylation is 2. The van der Waals surface area contributed by atoms with Crippen molar-refractivity contribution in [3.05, 3.63) is 41.3 Å². The van der Waals surface area contributed by atoms with Gasteiger partial charge in [-0.2, -0.15) is 0 Å². The lowest BCUT2D eigenvalue weighted by molar-refractivity contribution is -0.139. The van der Waals surface area contributed by atoms with Gasteiger partial charge in [0.1, 0.15) is 5.82 Å². The van der Waals surface area contributed by atoms with Gasteiger partial charge in [-0.05, 0) is 43.7 Å². The molecule has 7 heteroatoms. The van der Waals surface area contributed by atoms with Crippen molar-refractivity contribution in [1.82, 2.24) is 15.0 Å². The van der Waals surface area contributed by atoms with Crippen LogP contribution in [0.5, 0.6) is 6.01 Å². The molecular formula is C22H30N4O3. The Hall–Kier alpha value is -2.70. The molecule has 2 N–H and O–H groups in total. The monoisotopic (exact) mass is 398 g/mol. The highest BCUT2D eigenvalue weighted by Gasteiger charge is 2.20. The van der Waals surface area contributed by atoms with Gasteiger partial charge in [-0.1, -0.05) is 31.7 Å². The second-order valence-corrected chi connectivity index (χ2v) is 7.54. The number of unbranched alkanes of at least 4 members (excludes halogenated alkanes) is 4. The number of ether oxygens (including phenoxy) is 1. The summed E-state index contributed by atoms with van der Waals surface area (Å²) in [6, 6.07) is 4.61. The largest absolute Gasteiger partial charge is 0.481 e. The molecule has 0 amide bonds. The van der Waals surface area contributed by atoms with Crippen molar-refractivity contribution >= 4 is 11.8 Å². The molecule has 0 spiro atoms. The summed E-state index contributed by atoms with van der Waals surface area (Å²) in [6.07, 6.45) is 12.3. The summed E-state index contributed by atoms with van der Waals surface area (Å²) in [5.74, 6) is -0.324. The van der Waals surface area contributed by atoms with Gasteiger partial charge in [0.05, 0.1) is 13.0 Å². The highest BCUT2D eigenvalue weighted by atomic mass is 16.5. The lowest BCUT2D eigenvalue weighted by Gasteiger charge is -2.17. The summed E-state index contributed by atoms with van der Waals surface area (Å²) >= 11 is 0. The number of nitrogens with one attached hydrogen (secondary N) is 1. The lowest BCUT2D eigenvalue weighted by Crippen LogP contribution is -2.14. The van der Waals surface area contributed by atoms with E-state index in [1.54, 1.807) is 12.4 Å². The number of nitrogens with zero attached hydrogens (tertiary/aromatic N) is 3. The van der Waals surface area contributed by atoms with Crippen LogP contribution in [0.15, 0.2) is 24.5 Å². The number of methoxy groups -OCH3 is 1. The van der Waals surface area contributed by atoms with Crippen LogP contribution >= 0.6 is 0 Å². The molecule has 7 nitrogen and oxygen atoms in total. The van der Waals surface area contributed by atoms with Gasteiger partial charge in [-0.15, -0.1) is 0 Å². The van der Waals surface area contributed by atoms with Gasteiger partial charge in [-0.3, -0.25) is 4.79 Å². The fourth-order valence-electron chi connectivity index (χ4n) is 3.74. The Balaban J connectivity index is 1.34. The summed E-state index contributed by atoms with van der Waals surface area (Å²) in [5, 5.41) is 12.9. The first-order chi connectivity index (χ1) is 14.2. The number of carboxylic acids is 1. The second-order valence-electron chi connectivity index (χ2n) is 7.54. The van der Waals surface area contributed by atoms with E-state index in [2.05, 4.69) is 27.4 Å². The summed E-state index contributed by atoms with van der Waals surface area (Å²) in [6.45, 7) is 1.02. The zero-order valence-electron chi connectivity index (χ0n) is 17.1. The minimum atomic E-state index is -0.828. The fraction of sp³-hybridized carbons (Fsp3) is 0.545. The van der Waals surface area contributed by atoms with E-state index in [4.69, 9.17) is 9.72 Å². The predicted molar refractivity (Wildman–Crippen MR) is 111 cm³/mol. The lowest BCUT2D eigenvalue weighted by atomic mass is 9.95. The van der Waals surface area contributed by atoms with Gasteiger partial charge in [0.25, 0.3) is 0 Å². The van der Waals surface area contributed by atoms with Crippen LogP contribution in [-0.2, 0) is 17.6 Å². The molecular weight excluding hydrogens is 368 g/mol. The number of anilines is 1. The molecule has 1 atom stereocenters. The third-order valence-corrected chi connectivity index (χ3v) is 5.41. The molecule has 2 aromatic heterocycles. The summed E-state index contributed by atoms with van der Waals surface area (Å²) in [7, 11) is 1.49. The minimum Gasteiger partial charge on any atom is -0.481 e. The summed E-state index contributed by atoms with van der Waals surface area (Å²) in [4.78, 5) is 24.4.